The predicted molar refractivity (Wildman–Crippen MR) is 76.1 cm³/mol. The zero-order valence-electron chi connectivity index (χ0n) is 11.8. The molecular formula is C15H23N3O. The van der Waals surface area contributed by atoms with Crippen molar-refractivity contribution in [1.82, 2.24) is 4.98 Å². The summed E-state index contributed by atoms with van der Waals surface area (Å²) in [5.74, 6) is 0.00117. The third kappa shape index (κ3) is 4.03. The lowest BCUT2D eigenvalue weighted by Crippen LogP contribution is -2.26. The van der Waals surface area contributed by atoms with Crippen LogP contribution in [0.4, 0.5) is 0 Å². The van der Waals surface area contributed by atoms with Crippen molar-refractivity contribution < 1.29 is 4.74 Å². The fourth-order valence-electron chi connectivity index (χ4n) is 2.46. The Morgan fingerprint density at radius 2 is 2.16 bits per heavy atom. The van der Waals surface area contributed by atoms with E-state index in [2.05, 4.69) is 18.8 Å². The van der Waals surface area contributed by atoms with Crippen molar-refractivity contribution in [3.05, 3.63) is 29.6 Å². The summed E-state index contributed by atoms with van der Waals surface area (Å²) < 4.78 is 5.96. The van der Waals surface area contributed by atoms with Gasteiger partial charge in [0.25, 0.3) is 0 Å². The average molecular weight is 261 g/mol. The van der Waals surface area contributed by atoms with Crippen molar-refractivity contribution in [2.75, 3.05) is 0 Å². The van der Waals surface area contributed by atoms with Crippen LogP contribution in [0.1, 0.15) is 50.8 Å². The Kier molecular flexibility index (Phi) is 4.20. The van der Waals surface area contributed by atoms with Crippen LogP contribution in [0.15, 0.2) is 18.3 Å². The molecule has 0 radical (unpaired) electrons. The molecule has 104 valence electrons. The van der Waals surface area contributed by atoms with E-state index in [9.17, 15) is 0 Å². The van der Waals surface area contributed by atoms with E-state index in [4.69, 9.17) is 15.9 Å². The normalized spacial score (nSPS) is 19.3. The Bertz CT molecular complexity index is 446. The fraction of sp³-hybridized carbons (Fsp3) is 0.600. The van der Waals surface area contributed by atoms with Crippen LogP contribution in [0.3, 0.4) is 0 Å². The van der Waals surface area contributed by atoms with Crippen LogP contribution in [-0.2, 0) is 11.3 Å². The third-order valence-corrected chi connectivity index (χ3v) is 3.87. The molecular weight excluding hydrogens is 238 g/mol. The molecule has 1 aliphatic rings. The lowest BCUT2D eigenvalue weighted by atomic mass is 9.76. The minimum atomic E-state index is 0.00117. The van der Waals surface area contributed by atoms with Gasteiger partial charge < -0.3 is 10.5 Å². The largest absolute Gasteiger partial charge is 0.382 e. The van der Waals surface area contributed by atoms with Crippen LogP contribution in [-0.4, -0.2) is 16.9 Å². The third-order valence-electron chi connectivity index (χ3n) is 3.87. The Balaban J connectivity index is 1.86. The molecule has 0 saturated heterocycles. The molecule has 0 atom stereocenters. The lowest BCUT2D eigenvalue weighted by Gasteiger charge is -2.34. The first-order valence-corrected chi connectivity index (χ1v) is 6.87. The zero-order valence-corrected chi connectivity index (χ0v) is 11.8. The van der Waals surface area contributed by atoms with Crippen molar-refractivity contribution in [3.63, 3.8) is 0 Å². The predicted octanol–water partition coefficient (Wildman–Crippen LogP) is 2.85. The summed E-state index contributed by atoms with van der Waals surface area (Å²) >= 11 is 0. The molecule has 0 aromatic carbocycles. The standard InChI is InChI=1S/C15H23N3O/c1-15(2)6-3-12(4-7-15)19-10-11-5-8-18-13(9-11)14(16)17/h5,8-9,12H,3-4,6-7,10H2,1-2H3,(H3,16,17). The number of amidine groups is 1. The van der Waals surface area contributed by atoms with Crippen LogP contribution in [0.25, 0.3) is 0 Å². The van der Waals surface area contributed by atoms with E-state index >= 15 is 0 Å². The lowest BCUT2D eigenvalue weighted by molar-refractivity contribution is -0.00561. The molecule has 19 heavy (non-hydrogen) atoms. The molecule has 1 fully saturated rings. The quantitative estimate of drug-likeness (QED) is 0.646. The highest BCUT2D eigenvalue weighted by atomic mass is 16.5. The van der Waals surface area contributed by atoms with Gasteiger partial charge in [-0.1, -0.05) is 13.8 Å². The summed E-state index contributed by atoms with van der Waals surface area (Å²) in [4.78, 5) is 4.05. The van der Waals surface area contributed by atoms with Crippen molar-refractivity contribution in [1.29, 1.82) is 5.41 Å². The molecule has 0 bridgehead atoms. The first-order chi connectivity index (χ1) is 8.96. The molecule has 1 aromatic heterocycles. The fourth-order valence-corrected chi connectivity index (χ4v) is 2.46. The van der Waals surface area contributed by atoms with E-state index in [1.807, 2.05) is 12.1 Å². The number of hydrogen-bond acceptors (Lipinski definition) is 3. The Hall–Kier alpha value is -1.42. The number of nitrogens with one attached hydrogen (secondary N) is 1. The van der Waals surface area contributed by atoms with Crippen LogP contribution in [0.2, 0.25) is 0 Å². The number of nitrogen functional groups attached to an aromatic ring is 1. The second-order valence-electron chi connectivity index (χ2n) is 6.14. The summed E-state index contributed by atoms with van der Waals surface area (Å²) in [6.45, 7) is 5.23. The molecule has 1 aliphatic carbocycles. The van der Waals surface area contributed by atoms with Gasteiger partial charge in [0.15, 0.2) is 0 Å². The number of hydrogen-bond donors (Lipinski definition) is 2. The number of nitrogens with zero attached hydrogens (tertiary/aromatic N) is 1. The highest BCUT2D eigenvalue weighted by Gasteiger charge is 2.27. The molecule has 0 unspecified atom stereocenters. The first-order valence-electron chi connectivity index (χ1n) is 6.87. The van der Waals surface area contributed by atoms with Gasteiger partial charge in [-0.2, -0.15) is 0 Å². The minimum Gasteiger partial charge on any atom is -0.382 e. The van der Waals surface area contributed by atoms with E-state index in [0.29, 0.717) is 23.8 Å². The van der Waals surface area contributed by atoms with Crippen LogP contribution < -0.4 is 5.73 Å². The molecule has 1 saturated carbocycles. The summed E-state index contributed by atoms with van der Waals surface area (Å²) in [7, 11) is 0. The van der Waals surface area contributed by atoms with Crippen LogP contribution >= 0.6 is 0 Å². The monoisotopic (exact) mass is 261 g/mol. The maximum atomic E-state index is 7.38. The maximum absolute atomic E-state index is 7.38. The van der Waals surface area contributed by atoms with Gasteiger partial charge in [-0.3, -0.25) is 10.4 Å². The zero-order chi connectivity index (χ0) is 13.9. The smallest absolute Gasteiger partial charge is 0.141 e. The van der Waals surface area contributed by atoms with Gasteiger partial charge in [-0.05, 0) is 48.8 Å². The molecule has 4 nitrogen and oxygen atoms in total. The summed E-state index contributed by atoms with van der Waals surface area (Å²) in [6.07, 6.45) is 6.77. The summed E-state index contributed by atoms with van der Waals surface area (Å²) in [6, 6.07) is 3.74. The van der Waals surface area contributed by atoms with Gasteiger partial charge >= 0.3 is 0 Å². The number of nitrogens with two attached hydrogens (primary N) is 1. The molecule has 4 heteroatoms. The van der Waals surface area contributed by atoms with E-state index in [-0.39, 0.29) is 5.84 Å². The van der Waals surface area contributed by atoms with Crippen LogP contribution in [0, 0.1) is 10.8 Å². The molecule has 3 N–H and O–H groups in total. The van der Waals surface area contributed by atoms with Crippen molar-refractivity contribution in [2.45, 2.75) is 52.2 Å². The molecule has 1 heterocycles. The Morgan fingerprint density at radius 3 is 2.79 bits per heavy atom. The van der Waals surface area contributed by atoms with Crippen LogP contribution in [0.5, 0.6) is 0 Å². The molecule has 0 spiro atoms. The van der Waals surface area contributed by atoms with Gasteiger partial charge in [0, 0.05) is 6.20 Å². The molecule has 2 rings (SSSR count). The number of rotatable bonds is 4. The summed E-state index contributed by atoms with van der Waals surface area (Å²) in [5, 5.41) is 7.38. The van der Waals surface area contributed by atoms with E-state index < -0.39 is 0 Å². The molecule has 0 amide bonds. The van der Waals surface area contributed by atoms with E-state index in [1.54, 1.807) is 6.20 Å². The highest BCUT2D eigenvalue weighted by Crippen LogP contribution is 2.36. The first kappa shape index (κ1) is 14.0. The second kappa shape index (κ2) is 5.70. The highest BCUT2D eigenvalue weighted by molar-refractivity contribution is 5.93. The Labute approximate surface area is 114 Å². The van der Waals surface area contributed by atoms with Gasteiger partial charge in [-0.25, -0.2) is 0 Å². The van der Waals surface area contributed by atoms with Crippen molar-refractivity contribution >= 4 is 5.84 Å². The Morgan fingerprint density at radius 1 is 1.47 bits per heavy atom. The number of pyridine rings is 1. The summed E-state index contributed by atoms with van der Waals surface area (Å²) in [5.41, 5.74) is 7.45. The average Bonchev–Trinajstić information content (AvgIpc) is 2.38. The van der Waals surface area contributed by atoms with Gasteiger partial charge in [0.1, 0.15) is 11.5 Å². The SMILES string of the molecule is CC1(C)CCC(OCc2ccnc(C(=N)N)c2)CC1. The number of aromatic nitrogens is 1. The van der Waals surface area contributed by atoms with Gasteiger partial charge in [-0.15, -0.1) is 0 Å². The van der Waals surface area contributed by atoms with Gasteiger partial charge in [0.05, 0.1) is 12.7 Å². The molecule has 0 aliphatic heterocycles. The van der Waals surface area contributed by atoms with E-state index in [1.165, 1.54) is 12.8 Å². The maximum Gasteiger partial charge on any atom is 0.141 e. The second-order valence-corrected chi connectivity index (χ2v) is 6.14. The topological polar surface area (TPSA) is 72.0 Å². The van der Waals surface area contributed by atoms with E-state index in [0.717, 1.165) is 18.4 Å². The minimum absolute atomic E-state index is 0.00117. The van der Waals surface area contributed by atoms with Crippen molar-refractivity contribution in [3.8, 4) is 0 Å². The van der Waals surface area contributed by atoms with Crippen molar-refractivity contribution in [2.24, 2.45) is 11.1 Å². The van der Waals surface area contributed by atoms with Gasteiger partial charge in [0.2, 0.25) is 0 Å². The number of ether oxygens (including phenoxy) is 1. The molecule has 1 aromatic rings.